The van der Waals surface area contributed by atoms with Gasteiger partial charge in [-0.3, -0.25) is 4.79 Å². The molecule has 104 valence electrons. The van der Waals surface area contributed by atoms with E-state index in [1.807, 2.05) is 18.2 Å². The fourth-order valence-corrected chi connectivity index (χ4v) is 3.78. The van der Waals surface area contributed by atoms with Crippen molar-refractivity contribution in [3.05, 3.63) is 35.9 Å². The molecule has 2 fully saturated rings. The van der Waals surface area contributed by atoms with E-state index in [4.69, 9.17) is 9.47 Å². The zero-order valence-electron chi connectivity index (χ0n) is 11.3. The maximum Gasteiger partial charge on any atom is 0.231 e. The largest absolute Gasteiger partial charge is 0.454 e. The van der Waals surface area contributed by atoms with E-state index in [-0.39, 0.29) is 18.2 Å². The van der Waals surface area contributed by atoms with E-state index in [9.17, 15) is 4.79 Å². The van der Waals surface area contributed by atoms with Gasteiger partial charge in [-0.05, 0) is 42.9 Å². The quantitative estimate of drug-likeness (QED) is 0.798. The number of nitrogens with one attached hydrogen (secondary N) is 1. The summed E-state index contributed by atoms with van der Waals surface area (Å²) in [6.45, 7) is 4.41. The third-order valence-corrected chi connectivity index (χ3v) is 4.75. The van der Waals surface area contributed by atoms with Crippen LogP contribution in [0.1, 0.15) is 31.2 Å². The zero-order chi connectivity index (χ0) is 13.7. The van der Waals surface area contributed by atoms with Crippen LogP contribution in [0.5, 0.6) is 11.5 Å². The Morgan fingerprint density at radius 3 is 3.05 bits per heavy atom. The number of amides is 1. The van der Waals surface area contributed by atoms with Gasteiger partial charge in [-0.25, -0.2) is 0 Å². The molecule has 0 bridgehead atoms. The minimum absolute atomic E-state index is 0.141. The second kappa shape index (κ2) is 4.01. The first-order chi connectivity index (χ1) is 9.67. The van der Waals surface area contributed by atoms with Crippen molar-refractivity contribution in [3.63, 3.8) is 0 Å². The van der Waals surface area contributed by atoms with Crippen molar-refractivity contribution in [1.29, 1.82) is 0 Å². The third-order valence-electron chi connectivity index (χ3n) is 4.75. The molecule has 0 spiro atoms. The molecule has 1 aliphatic carbocycles. The van der Waals surface area contributed by atoms with Crippen LogP contribution < -0.4 is 14.8 Å². The summed E-state index contributed by atoms with van der Waals surface area (Å²) in [5.74, 6) is 2.04. The van der Waals surface area contributed by atoms with Gasteiger partial charge in [-0.15, -0.1) is 0 Å². The highest BCUT2D eigenvalue weighted by Crippen LogP contribution is 2.49. The van der Waals surface area contributed by atoms with Crippen LogP contribution in [0.15, 0.2) is 30.4 Å². The molecule has 2 atom stereocenters. The molecule has 1 saturated heterocycles. The lowest BCUT2D eigenvalue weighted by atomic mass is 9.68. The van der Waals surface area contributed by atoms with Crippen molar-refractivity contribution in [3.8, 4) is 11.5 Å². The Bertz CT molecular complexity index is 608. The number of fused-ring (bicyclic) bond motifs is 2. The minimum atomic E-state index is -0.298. The molecular weight excluding hydrogens is 254 g/mol. The summed E-state index contributed by atoms with van der Waals surface area (Å²) in [5, 5.41) is 3.21. The Labute approximate surface area is 117 Å². The molecule has 0 radical (unpaired) electrons. The van der Waals surface area contributed by atoms with E-state index in [0.29, 0.717) is 12.3 Å². The van der Waals surface area contributed by atoms with Gasteiger partial charge in [0.25, 0.3) is 0 Å². The van der Waals surface area contributed by atoms with Crippen LogP contribution >= 0.6 is 0 Å². The first kappa shape index (κ1) is 11.8. The standard InChI is InChI=1S/C16H17NO3/c1-10-2-3-12-7-15(18)17-16(12,8-10)11-4-5-13-14(6-11)20-9-19-13/h4-6,12H,1-3,7-9H2,(H,17,18)/t12-,16+/m0/s1. The summed E-state index contributed by atoms with van der Waals surface area (Å²) in [6.07, 6.45) is 3.47. The number of hydrogen-bond donors (Lipinski definition) is 1. The fraction of sp³-hybridized carbons (Fsp3) is 0.438. The molecule has 20 heavy (non-hydrogen) atoms. The lowest BCUT2D eigenvalue weighted by Gasteiger charge is -2.40. The Kier molecular flexibility index (Phi) is 2.37. The van der Waals surface area contributed by atoms with E-state index >= 15 is 0 Å². The topological polar surface area (TPSA) is 47.6 Å². The SMILES string of the molecule is C=C1CC[C@H]2CC(=O)N[C@@]2(c2ccc3c(c2)OCO3)C1. The predicted molar refractivity (Wildman–Crippen MR) is 73.5 cm³/mol. The van der Waals surface area contributed by atoms with E-state index < -0.39 is 0 Å². The summed E-state index contributed by atoms with van der Waals surface area (Å²) in [5.41, 5.74) is 2.02. The number of rotatable bonds is 1. The van der Waals surface area contributed by atoms with Crippen molar-refractivity contribution >= 4 is 5.91 Å². The molecule has 4 rings (SSSR count). The fourth-order valence-electron chi connectivity index (χ4n) is 3.78. The van der Waals surface area contributed by atoms with E-state index in [1.165, 1.54) is 5.57 Å². The van der Waals surface area contributed by atoms with Gasteiger partial charge in [-0.2, -0.15) is 0 Å². The Morgan fingerprint density at radius 1 is 1.30 bits per heavy atom. The molecule has 0 unspecified atom stereocenters. The molecule has 1 aromatic carbocycles. The highest BCUT2D eigenvalue weighted by molar-refractivity contribution is 5.81. The second-order valence-corrected chi connectivity index (χ2v) is 5.95. The molecule has 1 amide bonds. The first-order valence-corrected chi connectivity index (χ1v) is 7.05. The van der Waals surface area contributed by atoms with Gasteiger partial charge in [-0.1, -0.05) is 18.2 Å². The van der Waals surface area contributed by atoms with E-state index in [0.717, 1.165) is 36.3 Å². The Balaban J connectivity index is 1.80. The first-order valence-electron chi connectivity index (χ1n) is 7.05. The number of ether oxygens (including phenoxy) is 2. The monoisotopic (exact) mass is 271 g/mol. The maximum absolute atomic E-state index is 11.9. The maximum atomic E-state index is 11.9. The van der Waals surface area contributed by atoms with Gasteiger partial charge in [0.1, 0.15) is 0 Å². The van der Waals surface area contributed by atoms with Gasteiger partial charge in [0.05, 0.1) is 5.54 Å². The molecule has 1 N–H and O–H groups in total. The second-order valence-electron chi connectivity index (χ2n) is 5.95. The summed E-state index contributed by atoms with van der Waals surface area (Å²) in [6, 6.07) is 6.00. The van der Waals surface area contributed by atoms with Crippen molar-refractivity contribution < 1.29 is 14.3 Å². The van der Waals surface area contributed by atoms with Crippen LogP contribution in [0.2, 0.25) is 0 Å². The van der Waals surface area contributed by atoms with Crippen molar-refractivity contribution in [2.24, 2.45) is 5.92 Å². The van der Waals surface area contributed by atoms with E-state index in [1.54, 1.807) is 0 Å². The summed E-state index contributed by atoms with van der Waals surface area (Å²) < 4.78 is 10.8. The summed E-state index contributed by atoms with van der Waals surface area (Å²) in [4.78, 5) is 11.9. The van der Waals surface area contributed by atoms with Gasteiger partial charge in [0.2, 0.25) is 12.7 Å². The number of benzene rings is 1. The van der Waals surface area contributed by atoms with Gasteiger partial charge in [0, 0.05) is 6.42 Å². The average Bonchev–Trinajstić information content (AvgIpc) is 3.00. The van der Waals surface area contributed by atoms with Crippen LogP contribution in [0.4, 0.5) is 0 Å². The smallest absolute Gasteiger partial charge is 0.231 e. The summed E-state index contributed by atoms with van der Waals surface area (Å²) >= 11 is 0. The predicted octanol–water partition coefficient (Wildman–Crippen LogP) is 2.49. The molecule has 1 saturated carbocycles. The van der Waals surface area contributed by atoms with Crippen molar-refractivity contribution in [2.75, 3.05) is 6.79 Å². The highest BCUT2D eigenvalue weighted by Gasteiger charge is 2.50. The molecule has 2 heterocycles. The number of carbonyl (C=O) groups is 1. The van der Waals surface area contributed by atoms with Crippen LogP contribution in [0.25, 0.3) is 0 Å². The highest BCUT2D eigenvalue weighted by atomic mass is 16.7. The molecule has 4 heteroatoms. The van der Waals surface area contributed by atoms with Crippen LogP contribution in [-0.4, -0.2) is 12.7 Å². The van der Waals surface area contributed by atoms with Crippen LogP contribution in [0, 0.1) is 5.92 Å². The molecule has 0 aromatic heterocycles. The lowest BCUT2D eigenvalue weighted by molar-refractivity contribution is -0.119. The third kappa shape index (κ3) is 1.57. The summed E-state index contributed by atoms with van der Waals surface area (Å²) in [7, 11) is 0. The minimum Gasteiger partial charge on any atom is -0.454 e. The van der Waals surface area contributed by atoms with Crippen molar-refractivity contribution in [1.82, 2.24) is 5.32 Å². The Morgan fingerprint density at radius 2 is 2.15 bits per heavy atom. The van der Waals surface area contributed by atoms with Gasteiger partial charge in [0.15, 0.2) is 11.5 Å². The molecule has 3 aliphatic rings. The van der Waals surface area contributed by atoms with Crippen LogP contribution in [-0.2, 0) is 10.3 Å². The number of carbonyl (C=O) groups excluding carboxylic acids is 1. The number of hydrogen-bond acceptors (Lipinski definition) is 3. The van der Waals surface area contributed by atoms with Crippen LogP contribution in [0.3, 0.4) is 0 Å². The zero-order valence-corrected chi connectivity index (χ0v) is 11.3. The van der Waals surface area contributed by atoms with Gasteiger partial charge >= 0.3 is 0 Å². The Hall–Kier alpha value is -1.97. The van der Waals surface area contributed by atoms with E-state index in [2.05, 4.69) is 11.9 Å². The normalized spacial score (nSPS) is 31.1. The molecule has 2 aliphatic heterocycles. The molecular formula is C16H17NO3. The van der Waals surface area contributed by atoms with Gasteiger partial charge < -0.3 is 14.8 Å². The molecule has 1 aromatic rings. The average molecular weight is 271 g/mol. The van der Waals surface area contributed by atoms with Crippen molar-refractivity contribution in [2.45, 2.75) is 31.2 Å². The lowest BCUT2D eigenvalue weighted by Crippen LogP contribution is -2.45. The molecule has 4 nitrogen and oxygen atoms in total.